The van der Waals surface area contributed by atoms with Crippen molar-refractivity contribution in [3.63, 3.8) is 0 Å². The molecule has 0 fully saturated rings. The van der Waals surface area contributed by atoms with Crippen molar-refractivity contribution in [2.24, 2.45) is 0 Å². The van der Waals surface area contributed by atoms with Gasteiger partial charge in [0.05, 0.1) is 5.69 Å². The molecule has 3 rings (SSSR count). The number of carboxylic acids is 1. The minimum Gasteiger partial charge on any atom is -0.481 e. The molecule has 148 valence electrons. The van der Waals surface area contributed by atoms with Crippen molar-refractivity contribution < 1.29 is 14.7 Å². The lowest BCUT2D eigenvalue weighted by molar-refractivity contribution is -0.139. The van der Waals surface area contributed by atoms with Gasteiger partial charge in [0.1, 0.15) is 17.5 Å². The zero-order chi connectivity index (χ0) is 19.8. The van der Waals surface area contributed by atoms with Crippen molar-refractivity contribution in [2.45, 2.75) is 57.3 Å². The number of anilines is 1. The van der Waals surface area contributed by atoms with Crippen LogP contribution in [0.25, 0.3) is 0 Å². The number of carbonyl (C=O) groups excluding carboxylic acids is 1. The third kappa shape index (κ3) is 5.58. The molecule has 1 aliphatic heterocycles. The Kier molecular flexibility index (Phi) is 7.06. The van der Waals surface area contributed by atoms with Gasteiger partial charge in [-0.05, 0) is 50.2 Å². The van der Waals surface area contributed by atoms with Crippen molar-refractivity contribution in [1.29, 1.82) is 0 Å². The van der Waals surface area contributed by atoms with Gasteiger partial charge in [0.25, 0.3) is 0 Å². The highest BCUT2D eigenvalue weighted by Crippen LogP contribution is 2.21. The first-order chi connectivity index (χ1) is 13.6. The van der Waals surface area contributed by atoms with Crippen molar-refractivity contribution in [1.82, 2.24) is 15.0 Å². The molecule has 7 nitrogen and oxygen atoms in total. The minimum atomic E-state index is -0.972. The summed E-state index contributed by atoms with van der Waals surface area (Å²) in [6, 6.07) is 4.22. The summed E-state index contributed by atoms with van der Waals surface area (Å²) in [6.07, 6.45) is 10.1. The molecule has 0 saturated heterocycles. The van der Waals surface area contributed by atoms with Crippen LogP contribution in [-0.2, 0) is 22.4 Å². The van der Waals surface area contributed by atoms with Gasteiger partial charge in [-0.2, -0.15) is 0 Å². The molecule has 1 aliphatic rings. The van der Waals surface area contributed by atoms with Gasteiger partial charge in [0, 0.05) is 43.7 Å². The van der Waals surface area contributed by atoms with E-state index in [2.05, 4.69) is 32.4 Å². The standard InChI is InChI=1S/C21H26N4O3/c26-17(9-10-18(21(27)28)19-14-22-12-13-23-19)6-2-1-5-16-8-7-15-4-3-11-24-20(15)25-16/h7-8,12-14,18H,1-6,9-11H2,(H,24,25)(H,27,28)/t18-/m1/s1. The normalized spacial score (nSPS) is 14.0. The van der Waals surface area contributed by atoms with Gasteiger partial charge in [0.2, 0.25) is 0 Å². The number of hydrogen-bond donors (Lipinski definition) is 2. The molecule has 7 heteroatoms. The Labute approximate surface area is 164 Å². The Morgan fingerprint density at radius 3 is 2.86 bits per heavy atom. The second-order valence-corrected chi connectivity index (χ2v) is 7.15. The Morgan fingerprint density at radius 2 is 2.07 bits per heavy atom. The number of carbonyl (C=O) groups is 2. The molecule has 2 aromatic heterocycles. The van der Waals surface area contributed by atoms with E-state index in [0.717, 1.165) is 50.2 Å². The average Bonchev–Trinajstić information content (AvgIpc) is 2.72. The fraction of sp³-hybridized carbons (Fsp3) is 0.476. The molecular formula is C21H26N4O3. The van der Waals surface area contributed by atoms with Gasteiger partial charge in [0.15, 0.2) is 0 Å². The highest BCUT2D eigenvalue weighted by Gasteiger charge is 2.22. The highest BCUT2D eigenvalue weighted by atomic mass is 16.4. The van der Waals surface area contributed by atoms with Crippen LogP contribution in [0.5, 0.6) is 0 Å². The van der Waals surface area contributed by atoms with Crippen LogP contribution in [0, 0.1) is 0 Å². The molecule has 0 aromatic carbocycles. The smallest absolute Gasteiger partial charge is 0.312 e. The molecule has 2 N–H and O–H groups in total. The lowest BCUT2D eigenvalue weighted by Gasteiger charge is -2.17. The topological polar surface area (TPSA) is 105 Å². The van der Waals surface area contributed by atoms with E-state index in [-0.39, 0.29) is 18.6 Å². The van der Waals surface area contributed by atoms with E-state index in [1.54, 1.807) is 0 Å². The van der Waals surface area contributed by atoms with Crippen molar-refractivity contribution >= 4 is 17.6 Å². The lowest BCUT2D eigenvalue weighted by Crippen LogP contribution is -2.15. The summed E-state index contributed by atoms with van der Waals surface area (Å²) >= 11 is 0. The number of Topliss-reactive ketones (excluding diaryl/α,β-unsaturated/α-hetero) is 1. The minimum absolute atomic E-state index is 0.0928. The first-order valence-corrected chi connectivity index (χ1v) is 9.86. The summed E-state index contributed by atoms with van der Waals surface area (Å²) in [4.78, 5) is 36.2. The van der Waals surface area contributed by atoms with Gasteiger partial charge < -0.3 is 10.4 Å². The largest absolute Gasteiger partial charge is 0.481 e. The number of carboxylic acid groups (broad SMARTS) is 1. The van der Waals surface area contributed by atoms with Gasteiger partial charge in [-0.25, -0.2) is 4.98 Å². The van der Waals surface area contributed by atoms with E-state index >= 15 is 0 Å². The zero-order valence-corrected chi connectivity index (χ0v) is 15.9. The molecule has 0 bridgehead atoms. The first-order valence-electron chi connectivity index (χ1n) is 9.86. The first kappa shape index (κ1) is 19.9. The van der Waals surface area contributed by atoms with Crippen LogP contribution >= 0.6 is 0 Å². The van der Waals surface area contributed by atoms with Crippen LogP contribution in [0.2, 0.25) is 0 Å². The second kappa shape index (κ2) is 9.92. The quantitative estimate of drug-likeness (QED) is 0.608. The number of nitrogens with zero attached hydrogens (tertiary/aromatic N) is 3. The van der Waals surface area contributed by atoms with Gasteiger partial charge in [-0.3, -0.25) is 19.6 Å². The van der Waals surface area contributed by atoms with Crippen LogP contribution in [0.4, 0.5) is 5.82 Å². The van der Waals surface area contributed by atoms with E-state index in [0.29, 0.717) is 12.1 Å². The highest BCUT2D eigenvalue weighted by molar-refractivity contribution is 5.80. The van der Waals surface area contributed by atoms with E-state index in [1.807, 2.05) is 0 Å². The molecule has 0 radical (unpaired) electrons. The summed E-state index contributed by atoms with van der Waals surface area (Å²) in [7, 11) is 0. The number of nitrogens with one attached hydrogen (secondary N) is 1. The lowest BCUT2D eigenvalue weighted by atomic mass is 9.96. The van der Waals surface area contributed by atoms with E-state index in [4.69, 9.17) is 0 Å². The molecule has 0 spiro atoms. The van der Waals surface area contributed by atoms with E-state index in [1.165, 1.54) is 24.2 Å². The summed E-state index contributed by atoms with van der Waals surface area (Å²) < 4.78 is 0. The van der Waals surface area contributed by atoms with Crippen LogP contribution in [-0.4, -0.2) is 38.4 Å². The number of unbranched alkanes of at least 4 members (excludes halogenated alkanes) is 1. The van der Waals surface area contributed by atoms with Gasteiger partial charge in [-0.15, -0.1) is 0 Å². The fourth-order valence-corrected chi connectivity index (χ4v) is 3.46. The van der Waals surface area contributed by atoms with Crippen molar-refractivity contribution in [2.75, 3.05) is 11.9 Å². The number of fused-ring (bicyclic) bond motifs is 1. The van der Waals surface area contributed by atoms with Crippen molar-refractivity contribution in [3.8, 4) is 0 Å². The molecule has 0 unspecified atom stereocenters. The monoisotopic (exact) mass is 382 g/mol. The average molecular weight is 382 g/mol. The van der Waals surface area contributed by atoms with Crippen LogP contribution in [0.1, 0.15) is 61.4 Å². The number of aliphatic carboxylic acids is 1. The Morgan fingerprint density at radius 1 is 1.18 bits per heavy atom. The Bertz CT molecular complexity index is 811. The molecule has 1 atom stereocenters. The maximum Gasteiger partial charge on any atom is 0.312 e. The van der Waals surface area contributed by atoms with Crippen molar-refractivity contribution in [3.05, 3.63) is 47.7 Å². The maximum absolute atomic E-state index is 12.1. The van der Waals surface area contributed by atoms with Gasteiger partial charge in [-0.1, -0.05) is 6.07 Å². The molecule has 0 aliphatic carbocycles. The summed E-state index contributed by atoms with van der Waals surface area (Å²) in [5.41, 5.74) is 2.73. The number of rotatable bonds is 10. The van der Waals surface area contributed by atoms with Crippen LogP contribution in [0.15, 0.2) is 30.7 Å². The number of hydrogen-bond acceptors (Lipinski definition) is 6. The number of pyridine rings is 1. The number of aromatic nitrogens is 3. The number of ketones is 1. The Hall–Kier alpha value is -2.83. The molecule has 28 heavy (non-hydrogen) atoms. The fourth-order valence-electron chi connectivity index (χ4n) is 3.46. The SMILES string of the molecule is O=C(CCCCc1ccc2c(n1)NCCC2)CC[C@@H](C(=O)O)c1cnccn1. The molecule has 2 aromatic rings. The van der Waals surface area contributed by atoms with E-state index < -0.39 is 11.9 Å². The third-order valence-corrected chi connectivity index (χ3v) is 5.04. The second-order valence-electron chi connectivity index (χ2n) is 7.15. The van der Waals surface area contributed by atoms with E-state index in [9.17, 15) is 14.7 Å². The van der Waals surface area contributed by atoms with Crippen LogP contribution < -0.4 is 5.32 Å². The molecule has 0 amide bonds. The summed E-state index contributed by atoms with van der Waals surface area (Å²) in [5.74, 6) is -0.663. The summed E-state index contributed by atoms with van der Waals surface area (Å²) in [6.45, 7) is 0.976. The molecular weight excluding hydrogens is 356 g/mol. The van der Waals surface area contributed by atoms with Crippen LogP contribution in [0.3, 0.4) is 0 Å². The molecule has 3 heterocycles. The van der Waals surface area contributed by atoms with Gasteiger partial charge >= 0.3 is 5.97 Å². The Balaban J connectivity index is 1.39. The predicted octanol–water partition coefficient (Wildman–Crippen LogP) is 3.16. The maximum atomic E-state index is 12.1. The zero-order valence-electron chi connectivity index (χ0n) is 15.9. The predicted molar refractivity (Wildman–Crippen MR) is 105 cm³/mol. The third-order valence-electron chi connectivity index (χ3n) is 5.04. The molecule has 0 saturated carbocycles. The number of aryl methyl sites for hydroxylation is 2. The summed E-state index contributed by atoms with van der Waals surface area (Å²) in [5, 5.41) is 12.7.